The van der Waals surface area contributed by atoms with Crippen LogP contribution in [0.25, 0.3) is 0 Å². The quantitative estimate of drug-likeness (QED) is 0.603. The number of amides is 2. The van der Waals surface area contributed by atoms with E-state index in [9.17, 15) is 4.79 Å². The monoisotopic (exact) mass is 368 g/mol. The molecule has 1 unspecified atom stereocenters. The van der Waals surface area contributed by atoms with Crippen molar-refractivity contribution in [2.45, 2.75) is 33.0 Å². The molecule has 3 aromatic rings. The molecule has 0 aliphatic rings. The van der Waals surface area contributed by atoms with Crippen molar-refractivity contribution in [2.75, 3.05) is 0 Å². The standard InChI is InChI=1S/C21H24N2O2S/c1-16(2)20(17-8-4-3-5-9-17)22-21(24)23(14-18-10-6-12-25-18)15-19-11-7-13-26-19/h3-13,16,20H,14-15H2,1-2H3,(H,22,24). The lowest BCUT2D eigenvalue weighted by molar-refractivity contribution is 0.180. The Labute approximate surface area is 158 Å². The van der Waals surface area contributed by atoms with Gasteiger partial charge in [-0.1, -0.05) is 50.2 Å². The lowest BCUT2D eigenvalue weighted by Gasteiger charge is -2.28. The fourth-order valence-electron chi connectivity index (χ4n) is 2.90. The Kier molecular flexibility index (Phi) is 6.12. The molecule has 0 saturated carbocycles. The molecule has 136 valence electrons. The van der Waals surface area contributed by atoms with E-state index in [1.54, 1.807) is 22.5 Å². The second kappa shape index (κ2) is 8.72. The topological polar surface area (TPSA) is 45.5 Å². The van der Waals surface area contributed by atoms with Gasteiger partial charge in [0.1, 0.15) is 5.76 Å². The molecule has 26 heavy (non-hydrogen) atoms. The zero-order valence-corrected chi connectivity index (χ0v) is 15.9. The molecule has 0 radical (unpaired) electrons. The number of rotatable bonds is 7. The first kappa shape index (κ1) is 18.3. The van der Waals surface area contributed by atoms with Gasteiger partial charge in [0.25, 0.3) is 0 Å². The van der Waals surface area contributed by atoms with Crippen molar-refractivity contribution in [2.24, 2.45) is 5.92 Å². The lowest BCUT2D eigenvalue weighted by Crippen LogP contribution is -2.42. The molecule has 3 rings (SSSR count). The molecular formula is C21H24N2O2S. The van der Waals surface area contributed by atoms with Crippen LogP contribution in [0, 0.1) is 5.92 Å². The third-order valence-corrected chi connectivity index (χ3v) is 5.11. The molecule has 2 aromatic heterocycles. The fraction of sp³-hybridized carbons (Fsp3) is 0.286. The summed E-state index contributed by atoms with van der Waals surface area (Å²) < 4.78 is 5.45. The summed E-state index contributed by atoms with van der Waals surface area (Å²) in [5.74, 6) is 1.06. The molecule has 0 bridgehead atoms. The zero-order valence-electron chi connectivity index (χ0n) is 15.1. The predicted octanol–water partition coefficient (Wildman–Crippen LogP) is 5.45. The van der Waals surface area contributed by atoms with Crippen molar-refractivity contribution in [1.29, 1.82) is 0 Å². The highest BCUT2D eigenvalue weighted by Gasteiger charge is 2.23. The summed E-state index contributed by atoms with van der Waals surface area (Å²) in [4.78, 5) is 16.0. The minimum absolute atomic E-state index is 0.0360. The Bertz CT molecular complexity index is 747. The minimum atomic E-state index is -0.0858. The highest BCUT2D eigenvalue weighted by Crippen LogP contribution is 2.23. The number of carbonyl (C=O) groups is 1. The fourth-order valence-corrected chi connectivity index (χ4v) is 3.62. The highest BCUT2D eigenvalue weighted by atomic mass is 32.1. The summed E-state index contributed by atoms with van der Waals surface area (Å²) in [5.41, 5.74) is 1.12. The highest BCUT2D eigenvalue weighted by molar-refractivity contribution is 7.09. The van der Waals surface area contributed by atoms with Gasteiger partial charge in [-0.15, -0.1) is 11.3 Å². The molecular weight excluding hydrogens is 344 g/mol. The summed E-state index contributed by atoms with van der Waals surface area (Å²) in [7, 11) is 0. The molecule has 0 spiro atoms. The van der Waals surface area contributed by atoms with Gasteiger partial charge in [0, 0.05) is 4.88 Å². The Morgan fingerprint density at radius 1 is 1.08 bits per heavy atom. The molecule has 2 amide bonds. The molecule has 0 fully saturated rings. The number of nitrogens with zero attached hydrogens (tertiary/aromatic N) is 1. The average molecular weight is 369 g/mol. The Balaban J connectivity index is 1.76. The number of thiophene rings is 1. The lowest BCUT2D eigenvalue weighted by atomic mass is 9.96. The Hall–Kier alpha value is -2.53. The van der Waals surface area contributed by atoms with Crippen LogP contribution < -0.4 is 5.32 Å². The molecule has 0 aliphatic carbocycles. The maximum Gasteiger partial charge on any atom is 0.318 e. The predicted molar refractivity (Wildman–Crippen MR) is 105 cm³/mol. The van der Waals surface area contributed by atoms with Crippen LogP contribution in [0.3, 0.4) is 0 Å². The van der Waals surface area contributed by atoms with E-state index >= 15 is 0 Å². The van der Waals surface area contributed by atoms with E-state index in [0.29, 0.717) is 13.1 Å². The summed E-state index contributed by atoms with van der Waals surface area (Å²) in [5, 5.41) is 5.23. The first-order valence-corrected chi connectivity index (χ1v) is 9.66. The summed E-state index contributed by atoms with van der Waals surface area (Å²) in [6.45, 7) is 5.24. The van der Waals surface area contributed by atoms with Crippen molar-refractivity contribution >= 4 is 17.4 Å². The van der Waals surface area contributed by atoms with Crippen molar-refractivity contribution in [3.8, 4) is 0 Å². The van der Waals surface area contributed by atoms with Gasteiger partial charge in [0.15, 0.2) is 0 Å². The average Bonchev–Trinajstić information content (AvgIpc) is 3.33. The van der Waals surface area contributed by atoms with Gasteiger partial charge in [-0.3, -0.25) is 0 Å². The molecule has 0 saturated heterocycles. The number of hydrogen-bond donors (Lipinski definition) is 1. The zero-order chi connectivity index (χ0) is 18.4. The van der Waals surface area contributed by atoms with Crippen LogP contribution in [0.2, 0.25) is 0 Å². The molecule has 1 atom stereocenters. The first-order chi connectivity index (χ1) is 12.6. The van der Waals surface area contributed by atoms with E-state index in [1.807, 2.05) is 47.8 Å². The normalized spacial score (nSPS) is 12.1. The van der Waals surface area contributed by atoms with Crippen LogP contribution in [0.15, 0.2) is 70.7 Å². The van der Waals surface area contributed by atoms with Crippen molar-refractivity contribution in [1.82, 2.24) is 10.2 Å². The van der Waals surface area contributed by atoms with Crippen LogP contribution in [-0.2, 0) is 13.1 Å². The second-order valence-electron chi connectivity index (χ2n) is 6.60. The number of benzene rings is 1. The van der Waals surface area contributed by atoms with Crippen molar-refractivity contribution < 1.29 is 9.21 Å². The van der Waals surface area contributed by atoms with Crippen LogP contribution in [0.5, 0.6) is 0 Å². The van der Waals surface area contributed by atoms with E-state index in [0.717, 1.165) is 16.2 Å². The third kappa shape index (κ3) is 4.76. The van der Waals surface area contributed by atoms with E-state index in [-0.39, 0.29) is 18.0 Å². The molecule has 1 aromatic carbocycles. The maximum atomic E-state index is 13.1. The molecule has 1 N–H and O–H groups in total. The minimum Gasteiger partial charge on any atom is -0.467 e. The smallest absolute Gasteiger partial charge is 0.318 e. The van der Waals surface area contributed by atoms with E-state index < -0.39 is 0 Å². The van der Waals surface area contributed by atoms with Gasteiger partial charge in [-0.05, 0) is 35.1 Å². The van der Waals surface area contributed by atoms with Gasteiger partial charge in [0.05, 0.1) is 25.4 Å². The molecule has 4 nitrogen and oxygen atoms in total. The molecule has 0 aliphatic heterocycles. The summed E-state index contributed by atoms with van der Waals surface area (Å²) in [6, 6.07) is 17.8. The largest absolute Gasteiger partial charge is 0.467 e. The van der Waals surface area contributed by atoms with Gasteiger partial charge < -0.3 is 14.6 Å². The van der Waals surface area contributed by atoms with Gasteiger partial charge >= 0.3 is 6.03 Å². The SMILES string of the molecule is CC(C)C(NC(=O)N(Cc1ccco1)Cc1cccs1)c1ccccc1. The van der Waals surface area contributed by atoms with Crippen molar-refractivity contribution in [3.63, 3.8) is 0 Å². The number of carbonyl (C=O) groups excluding carboxylic acids is 1. The van der Waals surface area contributed by atoms with Crippen molar-refractivity contribution in [3.05, 3.63) is 82.4 Å². The van der Waals surface area contributed by atoms with E-state index in [1.165, 1.54) is 0 Å². The number of nitrogens with one attached hydrogen (secondary N) is 1. The summed E-state index contributed by atoms with van der Waals surface area (Å²) in [6.07, 6.45) is 1.64. The number of hydrogen-bond acceptors (Lipinski definition) is 3. The Morgan fingerprint density at radius 3 is 2.50 bits per heavy atom. The van der Waals surface area contributed by atoms with Gasteiger partial charge in [0.2, 0.25) is 0 Å². The maximum absolute atomic E-state index is 13.1. The molecule has 2 heterocycles. The van der Waals surface area contributed by atoms with Crippen LogP contribution in [0.1, 0.15) is 36.1 Å². The third-order valence-electron chi connectivity index (χ3n) is 4.25. The van der Waals surface area contributed by atoms with E-state index in [2.05, 4.69) is 31.3 Å². The van der Waals surface area contributed by atoms with Crippen LogP contribution >= 0.6 is 11.3 Å². The molecule has 5 heteroatoms. The van der Waals surface area contributed by atoms with Gasteiger partial charge in [-0.25, -0.2) is 4.79 Å². The van der Waals surface area contributed by atoms with Crippen LogP contribution in [-0.4, -0.2) is 10.9 Å². The summed E-state index contributed by atoms with van der Waals surface area (Å²) >= 11 is 1.65. The number of furan rings is 1. The Morgan fingerprint density at radius 2 is 1.88 bits per heavy atom. The number of urea groups is 1. The van der Waals surface area contributed by atoms with E-state index in [4.69, 9.17) is 4.42 Å². The second-order valence-corrected chi connectivity index (χ2v) is 7.63. The first-order valence-electron chi connectivity index (χ1n) is 8.78. The van der Waals surface area contributed by atoms with Gasteiger partial charge in [-0.2, -0.15) is 0 Å². The van der Waals surface area contributed by atoms with Crippen LogP contribution in [0.4, 0.5) is 4.79 Å².